The molecule has 0 bridgehead atoms. The normalized spacial score (nSPS) is 16.0. The molecule has 29 heavy (non-hydrogen) atoms. The molecule has 0 radical (unpaired) electrons. The fraction of sp³-hybridized carbons (Fsp3) is 0.304. The average Bonchev–Trinajstić information content (AvgIpc) is 3.30. The fourth-order valence-electron chi connectivity index (χ4n) is 4.26. The minimum atomic E-state index is -1.45. The van der Waals surface area contributed by atoms with Gasteiger partial charge in [0.2, 0.25) is 0 Å². The Labute approximate surface area is 169 Å². The van der Waals surface area contributed by atoms with E-state index in [4.69, 9.17) is 4.74 Å². The Balaban J connectivity index is 1.97. The number of benzene rings is 1. The van der Waals surface area contributed by atoms with Crippen LogP contribution in [-0.2, 0) is 5.60 Å². The van der Waals surface area contributed by atoms with Crippen molar-refractivity contribution in [1.82, 2.24) is 14.9 Å². The van der Waals surface area contributed by atoms with Crippen molar-refractivity contribution in [2.24, 2.45) is 0 Å². The van der Waals surface area contributed by atoms with Gasteiger partial charge in [-0.3, -0.25) is 14.9 Å². The second kappa shape index (κ2) is 8.27. The van der Waals surface area contributed by atoms with Gasteiger partial charge in [0.1, 0.15) is 17.2 Å². The van der Waals surface area contributed by atoms with E-state index < -0.39 is 11.6 Å². The minimum Gasteiger partial charge on any atom is -0.496 e. The molecule has 3 aromatic rings. The summed E-state index contributed by atoms with van der Waals surface area (Å²) >= 11 is 0. The second-order valence-corrected chi connectivity index (χ2v) is 7.28. The molecule has 3 heterocycles. The molecule has 5 nitrogen and oxygen atoms in total. The third-order valence-electron chi connectivity index (χ3n) is 5.59. The van der Waals surface area contributed by atoms with E-state index in [1.807, 2.05) is 12.1 Å². The SMILES string of the molecule is COc1cc(F)ccc1C(N1CCCC1)C(O)(c1cccnc1)c1cccnc1. The molecule has 0 saturated carbocycles. The van der Waals surface area contributed by atoms with Crippen LogP contribution in [0, 0.1) is 5.82 Å². The first-order valence-electron chi connectivity index (χ1n) is 9.75. The lowest BCUT2D eigenvalue weighted by molar-refractivity contribution is -0.0162. The van der Waals surface area contributed by atoms with Crippen LogP contribution >= 0.6 is 0 Å². The second-order valence-electron chi connectivity index (χ2n) is 7.28. The van der Waals surface area contributed by atoms with Gasteiger partial charge in [-0.2, -0.15) is 0 Å². The highest BCUT2D eigenvalue weighted by Crippen LogP contribution is 2.47. The standard InChI is InChI=1S/C23H24FN3O2/c1-29-21-14-19(24)8-9-20(21)22(27-12-2-3-13-27)23(28,17-6-4-10-25-15-17)18-7-5-11-26-16-18/h4-11,14-16,22,28H,2-3,12-13H2,1H3. The zero-order valence-corrected chi connectivity index (χ0v) is 16.3. The summed E-state index contributed by atoms with van der Waals surface area (Å²) in [7, 11) is 1.52. The van der Waals surface area contributed by atoms with Crippen molar-refractivity contribution < 1.29 is 14.2 Å². The third-order valence-corrected chi connectivity index (χ3v) is 5.59. The van der Waals surface area contributed by atoms with E-state index in [1.54, 1.807) is 43.0 Å². The van der Waals surface area contributed by atoms with Gasteiger partial charge in [-0.1, -0.05) is 18.2 Å². The lowest BCUT2D eigenvalue weighted by atomic mass is 9.77. The molecule has 4 rings (SSSR count). The van der Waals surface area contributed by atoms with Crippen molar-refractivity contribution in [3.8, 4) is 5.75 Å². The van der Waals surface area contributed by atoms with Crippen molar-refractivity contribution >= 4 is 0 Å². The molecule has 1 saturated heterocycles. The van der Waals surface area contributed by atoms with Gasteiger partial charge in [-0.25, -0.2) is 4.39 Å². The predicted octanol–water partition coefficient (Wildman–Crippen LogP) is 3.70. The largest absolute Gasteiger partial charge is 0.496 e. The van der Waals surface area contributed by atoms with Crippen LogP contribution in [0.15, 0.2) is 67.3 Å². The molecule has 1 aliphatic rings. The van der Waals surface area contributed by atoms with Crippen LogP contribution in [0.25, 0.3) is 0 Å². The summed E-state index contributed by atoms with van der Waals surface area (Å²) in [5.74, 6) is 0.0326. The zero-order valence-electron chi connectivity index (χ0n) is 16.3. The first kappa shape index (κ1) is 19.5. The minimum absolute atomic E-state index is 0.378. The number of ether oxygens (including phenoxy) is 1. The van der Waals surface area contributed by atoms with Gasteiger partial charge in [0.25, 0.3) is 0 Å². The summed E-state index contributed by atoms with van der Waals surface area (Å²) in [5, 5.41) is 12.3. The van der Waals surface area contributed by atoms with Gasteiger partial charge in [0.15, 0.2) is 0 Å². The number of hydrogen-bond donors (Lipinski definition) is 1. The molecule has 1 N–H and O–H groups in total. The molecule has 0 spiro atoms. The highest BCUT2D eigenvalue weighted by Gasteiger charge is 2.46. The molecular formula is C23H24FN3O2. The number of aromatic nitrogens is 2. The van der Waals surface area contributed by atoms with Crippen molar-refractivity contribution in [1.29, 1.82) is 0 Å². The Bertz CT molecular complexity index is 907. The van der Waals surface area contributed by atoms with E-state index in [9.17, 15) is 9.50 Å². The molecule has 150 valence electrons. The maximum absolute atomic E-state index is 13.9. The molecule has 6 heteroatoms. The molecule has 0 amide bonds. The summed E-state index contributed by atoms with van der Waals surface area (Å²) in [6, 6.07) is 11.3. The quantitative estimate of drug-likeness (QED) is 0.692. The Morgan fingerprint density at radius 2 is 1.66 bits per heavy atom. The lowest BCUT2D eigenvalue weighted by Gasteiger charge is -2.42. The van der Waals surface area contributed by atoms with Gasteiger partial charge in [0, 0.05) is 47.5 Å². The molecule has 1 unspecified atom stereocenters. The Hall–Kier alpha value is -2.83. The van der Waals surface area contributed by atoms with E-state index in [-0.39, 0.29) is 5.82 Å². The van der Waals surface area contributed by atoms with E-state index in [0.717, 1.165) is 31.5 Å². The number of likely N-dealkylation sites (tertiary alicyclic amines) is 1. The van der Waals surface area contributed by atoms with Crippen molar-refractivity contribution in [2.75, 3.05) is 20.2 Å². The summed E-state index contributed by atoms with van der Waals surface area (Å²) < 4.78 is 19.5. The Kier molecular flexibility index (Phi) is 5.56. The van der Waals surface area contributed by atoms with Crippen molar-refractivity contribution in [3.63, 3.8) is 0 Å². The van der Waals surface area contributed by atoms with Crippen molar-refractivity contribution in [2.45, 2.75) is 24.5 Å². The van der Waals surface area contributed by atoms with E-state index in [1.165, 1.54) is 19.2 Å². The van der Waals surface area contributed by atoms with Crippen LogP contribution in [0.3, 0.4) is 0 Å². The van der Waals surface area contributed by atoms with E-state index in [2.05, 4.69) is 14.9 Å². The molecule has 1 aromatic carbocycles. The maximum atomic E-state index is 13.9. The number of hydrogen-bond acceptors (Lipinski definition) is 5. The van der Waals surface area contributed by atoms with Gasteiger partial charge in [-0.15, -0.1) is 0 Å². The summed E-state index contributed by atoms with van der Waals surface area (Å²) in [4.78, 5) is 10.7. The zero-order chi connectivity index (χ0) is 20.3. The van der Waals surface area contributed by atoms with Crippen LogP contribution in [0.1, 0.15) is 35.6 Å². The lowest BCUT2D eigenvalue weighted by Crippen LogP contribution is -2.44. The van der Waals surface area contributed by atoms with Gasteiger partial charge < -0.3 is 9.84 Å². The first-order valence-corrected chi connectivity index (χ1v) is 9.75. The van der Waals surface area contributed by atoms with Crippen LogP contribution < -0.4 is 4.74 Å². The number of methoxy groups -OCH3 is 1. The number of pyridine rings is 2. The number of rotatable bonds is 6. The van der Waals surface area contributed by atoms with Gasteiger partial charge >= 0.3 is 0 Å². The smallest absolute Gasteiger partial charge is 0.137 e. The molecule has 1 atom stereocenters. The molecule has 1 aliphatic heterocycles. The monoisotopic (exact) mass is 393 g/mol. The Morgan fingerprint density at radius 3 is 2.17 bits per heavy atom. The van der Waals surface area contributed by atoms with Crippen molar-refractivity contribution in [3.05, 3.63) is 89.8 Å². The van der Waals surface area contributed by atoms with E-state index >= 15 is 0 Å². The number of halogens is 1. The summed E-state index contributed by atoms with van der Waals surface area (Å²) in [6.45, 7) is 1.65. The highest BCUT2D eigenvalue weighted by molar-refractivity contribution is 5.45. The van der Waals surface area contributed by atoms with Crippen LogP contribution in [0.4, 0.5) is 4.39 Å². The third kappa shape index (κ3) is 3.61. The van der Waals surface area contributed by atoms with E-state index in [0.29, 0.717) is 16.9 Å². The molecule has 0 aliphatic carbocycles. The fourth-order valence-corrected chi connectivity index (χ4v) is 4.26. The maximum Gasteiger partial charge on any atom is 0.137 e. The number of aliphatic hydroxyl groups is 1. The summed E-state index contributed by atoms with van der Waals surface area (Å²) in [5.41, 5.74) is 0.580. The number of nitrogens with zero attached hydrogens (tertiary/aromatic N) is 3. The van der Waals surface area contributed by atoms with Crippen LogP contribution in [-0.4, -0.2) is 40.2 Å². The van der Waals surface area contributed by atoms with Crippen LogP contribution in [0.5, 0.6) is 5.75 Å². The van der Waals surface area contributed by atoms with Crippen LogP contribution in [0.2, 0.25) is 0 Å². The topological polar surface area (TPSA) is 58.5 Å². The first-order chi connectivity index (χ1) is 14.1. The van der Waals surface area contributed by atoms with Gasteiger partial charge in [0.05, 0.1) is 13.2 Å². The average molecular weight is 393 g/mol. The predicted molar refractivity (Wildman–Crippen MR) is 108 cm³/mol. The van der Waals surface area contributed by atoms with Gasteiger partial charge in [-0.05, 0) is 44.1 Å². The molecular weight excluding hydrogens is 369 g/mol. The highest BCUT2D eigenvalue weighted by atomic mass is 19.1. The Morgan fingerprint density at radius 1 is 1.03 bits per heavy atom. The molecule has 2 aromatic heterocycles. The summed E-state index contributed by atoms with van der Waals surface area (Å²) in [6.07, 6.45) is 8.78. The molecule has 1 fully saturated rings.